The van der Waals surface area contributed by atoms with Gasteiger partial charge >= 0.3 is 0 Å². The SMILES string of the molecule is CCS(=O)(=O)CCCC(CN)c1cccc(Cl)c1. The molecule has 0 aliphatic heterocycles. The summed E-state index contributed by atoms with van der Waals surface area (Å²) in [6.07, 6.45) is 1.42. The van der Waals surface area contributed by atoms with Crippen LogP contribution in [-0.4, -0.2) is 26.5 Å². The minimum atomic E-state index is -2.88. The summed E-state index contributed by atoms with van der Waals surface area (Å²) in [6, 6.07) is 7.59. The topological polar surface area (TPSA) is 60.2 Å². The van der Waals surface area contributed by atoms with Crippen LogP contribution in [-0.2, 0) is 9.84 Å². The molecule has 1 aromatic rings. The van der Waals surface area contributed by atoms with Crippen LogP contribution < -0.4 is 5.73 Å². The van der Waals surface area contributed by atoms with Gasteiger partial charge in [-0.3, -0.25) is 0 Å². The molecule has 0 saturated heterocycles. The number of rotatable bonds is 7. The third-order valence-corrected chi connectivity index (χ3v) is 5.08. The van der Waals surface area contributed by atoms with Crippen molar-refractivity contribution in [3.8, 4) is 0 Å². The first-order valence-electron chi connectivity index (χ1n) is 6.14. The second kappa shape index (κ2) is 7.12. The van der Waals surface area contributed by atoms with Crippen molar-refractivity contribution in [2.24, 2.45) is 5.73 Å². The summed E-state index contributed by atoms with van der Waals surface area (Å²) in [4.78, 5) is 0. The maximum atomic E-state index is 11.4. The Hall–Kier alpha value is -0.580. The average Bonchev–Trinajstić information content (AvgIpc) is 2.34. The molecule has 0 amide bonds. The first-order chi connectivity index (χ1) is 8.48. The van der Waals surface area contributed by atoms with Crippen molar-refractivity contribution in [3.63, 3.8) is 0 Å². The van der Waals surface area contributed by atoms with Crippen molar-refractivity contribution in [2.75, 3.05) is 18.1 Å². The van der Waals surface area contributed by atoms with E-state index in [1.54, 1.807) is 6.92 Å². The zero-order chi connectivity index (χ0) is 13.6. The summed E-state index contributed by atoms with van der Waals surface area (Å²) >= 11 is 5.94. The van der Waals surface area contributed by atoms with E-state index in [-0.39, 0.29) is 17.4 Å². The quantitative estimate of drug-likeness (QED) is 0.839. The number of halogens is 1. The molecule has 0 spiro atoms. The van der Waals surface area contributed by atoms with Gasteiger partial charge in [-0.05, 0) is 43.0 Å². The summed E-state index contributed by atoms with van der Waals surface area (Å²) in [5.74, 6) is 0.619. The molecule has 102 valence electrons. The van der Waals surface area contributed by atoms with Crippen molar-refractivity contribution in [3.05, 3.63) is 34.9 Å². The molecular formula is C13H20ClNO2S. The van der Waals surface area contributed by atoms with Gasteiger partial charge in [0.15, 0.2) is 0 Å². The minimum absolute atomic E-state index is 0.177. The van der Waals surface area contributed by atoms with E-state index in [1.165, 1.54) is 0 Å². The van der Waals surface area contributed by atoms with Crippen LogP contribution in [0.15, 0.2) is 24.3 Å². The highest BCUT2D eigenvalue weighted by molar-refractivity contribution is 7.91. The molecule has 0 radical (unpaired) electrons. The monoisotopic (exact) mass is 289 g/mol. The lowest BCUT2D eigenvalue weighted by atomic mass is 9.95. The lowest BCUT2D eigenvalue weighted by Crippen LogP contribution is -2.15. The van der Waals surface area contributed by atoms with E-state index in [2.05, 4.69) is 0 Å². The molecule has 1 unspecified atom stereocenters. The number of hydrogen-bond acceptors (Lipinski definition) is 3. The average molecular weight is 290 g/mol. The zero-order valence-corrected chi connectivity index (χ0v) is 12.2. The molecule has 1 aromatic carbocycles. The summed E-state index contributed by atoms with van der Waals surface area (Å²) in [5, 5.41) is 0.687. The van der Waals surface area contributed by atoms with Crippen molar-refractivity contribution >= 4 is 21.4 Å². The highest BCUT2D eigenvalue weighted by atomic mass is 35.5. The summed E-state index contributed by atoms with van der Waals surface area (Å²) in [7, 11) is -2.88. The molecule has 0 heterocycles. The number of sulfone groups is 1. The number of hydrogen-bond donors (Lipinski definition) is 1. The molecule has 1 atom stereocenters. The van der Waals surface area contributed by atoms with Gasteiger partial charge in [0.2, 0.25) is 0 Å². The van der Waals surface area contributed by atoms with Gasteiger partial charge in [-0.25, -0.2) is 8.42 Å². The third kappa shape index (κ3) is 4.96. The second-order valence-electron chi connectivity index (χ2n) is 4.37. The molecule has 0 saturated carbocycles. The fourth-order valence-corrected chi connectivity index (χ4v) is 2.97. The van der Waals surface area contributed by atoms with Crippen molar-refractivity contribution < 1.29 is 8.42 Å². The van der Waals surface area contributed by atoms with Crippen LogP contribution in [0.2, 0.25) is 5.02 Å². The largest absolute Gasteiger partial charge is 0.330 e. The van der Waals surface area contributed by atoms with E-state index in [4.69, 9.17) is 17.3 Å². The van der Waals surface area contributed by atoms with E-state index in [9.17, 15) is 8.42 Å². The Kier molecular flexibility index (Phi) is 6.12. The van der Waals surface area contributed by atoms with Crippen LogP contribution >= 0.6 is 11.6 Å². The molecular weight excluding hydrogens is 270 g/mol. The van der Waals surface area contributed by atoms with Gasteiger partial charge in [-0.1, -0.05) is 30.7 Å². The van der Waals surface area contributed by atoms with Gasteiger partial charge in [0.1, 0.15) is 9.84 Å². The van der Waals surface area contributed by atoms with Gasteiger partial charge in [-0.15, -0.1) is 0 Å². The molecule has 0 bridgehead atoms. The van der Waals surface area contributed by atoms with E-state index >= 15 is 0 Å². The van der Waals surface area contributed by atoms with Crippen LogP contribution in [0.5, 0.6) is 0 Å². The Balaban J connectivity index is 2.58. The Morgan fingerprint density at radius 1 is 1.39 bits per heavy atom. The van der Waals surface area contributed by atoms with E-state index < -0.39 is 9.84 Å². The highest BCUT2D eigenvalue weighted by Gasteiger charge is 2.13. The van der Waals surface area contributed by atoms with Crippen LogP contribution in [0.3, 0.4) is 0 Å². The fraction of sp³-hybridized carbons (Fsp3) is 0.538. The Morgan fingerprint density at radius 3 is 2.67 bits per heavy atom. The lowest BCUT2D eigenvalue weighted by molar-refractivity contribution is 0.581. The first-order valence-corrected chi connectivity index (χ1v) is 8.34. The number of nitrogens with two attached hydrogens (primary N) is 1. The van der Waals surface area contributed by atoms with E-state index in [0.717, 1.165) is 12.0 Å². The van der Waals surface area contributed by atoms with Crippen molar-refractivity contribution in [1.82, 2.24) is 0 Å². The van der Waals surface area contributed by atoms with Crippen LogP contribution in [0, 0.1) is 0 Å². The molecule has 0 aliphatic rings. The summed E-state index contributed by atoms with van der Waals surface area (Å²) in [5.41, 5.74) is 6.83. The molecule has 2 N–H and O–H groups in total. The fourth-order valence-electron chi connectivity index (χ4n) is 1.88. The molecule has 0 aromatic heterocycles. The van der Waals surface area contributed by atoms with Crippen LogP contribution in [0.1, 0.15) is 31.2 Å². The Morgan fingerprint density at radius 2 is 2.11 bits per heavy atom. The Bertz CT molecular complexity index is 474. The van der Waals surface area contributed by atoms with Crippen molar-refractivity contribution in [1.29, 1.82) is 0 Å². The molecule has 5 heteroatoms. The van der Waals surface area contributed by atoms with E-state index in [0.29, 0.717) is 18.0 Å². The van der Waals surface area contributed by atoms with Gasteiger partial charge < -0.3 is 5.73 Å². The summed E-state index contributed by atoms with van der Waals surface area (Å²) in [6.45, 7) is 2.18. The van der Waals surface area contributed by atoms with Crippen molar-refractivity contribution in [2.45, 2.75) is 25.7 Å². The number of benzene rings is 1. The van der Waals surface area contributed by atoms with Crippen LogP contribution in [0.4, 0.5) is 0 Å². The predicted octanol–water partition coefficient (Wildman–Crippen LogP) is 2.60. The zero-order valence-electron chi connectivity index (χ0n) is 10.6. The minimum Gasteiger partial charge on any atom is -0.330 e. The van der Waals surface area contributed by atoms with Gasteiger partial charge in [0.05, 0.1) is 5.75 Å². The first kappa shape index (κ1) is 15.5. The lowest BCUT2D eigenvalue weighted by Gasteiger charge is -2.15. The highest BCUT2D eigenvalue weighted by Crippen LogP contribution is 2.23. The normalized spacial score (nSPS) is 13.5. The molecule has 18 heavy (non-hydrogen) atoms. The Labute approximate surface area is 114 Å². The third-order valence-electron chi connectivity index (χ3n) is 3.05. The maximum Gasteiger partial charge on any atom is 0.150 e. The van der Waals surface area contributed by atoms with E-state index in [1.807, 2.05) is 24.3 Å². The second-order valence-corrected chi connectivity index (χ2v) is 7.28. The van der Waals surface area contributed by atoms with Gasteiger partial charge in [0.25, 0.3) is 0 Å². The maximum absolute atomic E-state index is 11.4. The van der Waals surface area contributed by atoms with Gasteiger partial charge in [0, 0.05) is 10.8 Å². The standard InChI is InChI=1S/C13H20ClNO2S/c1-2-18(16,17)8-4-6-12(10-15)11-5-3-7-13(14)9-11/h3,5,7,9,12H,2,4,6,8,10,15H2,1H3. The summed E-state index contributed by atoms with van der Waals surface area (Å²) < 4.78 is 22.8. The molecule has 0 fully saturated rings. The molecule has 3 nitrogen and oxygen atoms in total. The van der Waals surface area contributed by atoms with Crippen LogP contribution in [0.25, 0.3) is 0 Å². The molecule has 1 rings (SSSR count). The molecule has 0 aliphatic carbocycles. The van der Waals surface area contributed by atoms with Gasteiger partial charge in [-0.2, -0.15) is 0 Å². The smallest absolute Gasteiger partial charge is 0.150 e. The predicted molar refractivity (Wildman–Crippen MR) is 76.8 cm³/mol.